The number of halogens is 1. The summed E-state index contributed by atoms with van der Waals surface area (Å²) in [4.78, 5) is 11.7. The Morgan fingerprint density at radius 1 is 1.17 bits per heavy atom. The van der Waals surface area contributed by atoms with E-state index < -0.39 is 17.7 Å². The van der Waals surface area contributed by atoms with Crippen LogP contribution in [0.4, 0.5) is 4.39 Å². The van der Waals surface area contributed by atoms with Gasteiger partial charge in [-0.1, -0.05) is 12.1 Å². The summed E-state index contributed by atoms with van der Waals surface area (Å²) in [5.74, 6) is -1.11. The number of carbonyl (C=O) groups is 1. The van der Waals surface area contributed by atoms with E-state index in [9.17, 15) is 14.3 Å². The minimum Gasteiger partial charge on any atom is -0.497 e. The highest BCUT2D eigenvalue weighted by Gasteiger charge is 2.23. The lowest BCUT2D eigenvalue weighted by Crippen LogP contribution is -2.15. The summed E-state index contributed by atoms with van der Waals surface area (Å²) >= 11 is 0. The molecule has 0 bridgehead atoms. The zero-order valence-corrected chi connectivity index (χ0v) is 13.3. The summed E-state index contributed by atoms with van der Waals surface area (Å²) in [6, 6.07) is 9.71. The normalized spacial score (nSPS) is 11.8. The van der Waals surface area contributed by atoms with Crippen LogP contribution in [0.3, 0.4) is 0 Å². The van der Waals surface area contributed by atoms with Crippen LogP contribution in [0, 0.1) is 12.7 Å². The summed E-state index contributed by atoms with van der Waals surface area (Å²) in [6.07, 6.45) is 0.179. The zero-order chi connectivity index (χ0) is 17.0. The molecule has 0 amide bonds. The Morgan fingerprint density at radius 3 is 2.48 bits per heavy atom. The van der Waals surface area contributed by atoms with Crippen molar-refractivity contribution in [2.24, 2.45) is 0 Å². The van der Waals surface area contributed by atoms with Crippen molar-refractivity contribution >= 4 is 5.97 Å². The molecule has 0 radical (unpaired) electrons. The number of hydrogen-bond acceptors (Lipinski definition) is 3. The van der Waals surface area contributed by atoms with E-state index in [2.05, 4.69) is 0 Å². The van der Waals surface area contributed by atoms with Crippen molar-refractivity contribution in [3.05, 3.63) is 58.9 Å². The van der Waals surface area contributed by atoms with Gasteiger partial charge in [0.2, 0.25) is 0 Å². The first-order valence-electron chi connectivity index (χ1n) is 7.16. The molecule has 2 aromatic rings. The zero-order valence-electron chi connectivity index (χ0n) is 13.3. The van der Waals surface area contributed by atoms with Crippen molar-refractivity contribution in [3.8, 4) is 11.5 Å². The maximum atomic E-state index is 13.8. The first kappa shape index (κ1) is 16.8. The standard InChI is InChI=1S/C18H19FO4/c1-11-4-5-12(10-16(11)19)15(18(20)21)9-13-8-14(22-2)6-7-17(13)23-3/h4-8,10,15H,9H2,1-3H3,(H,20,21). The maximum Gasteiger partial charge on any atom is 0.311 e. The van der Waals surface area contributed by atoms with Crippen molar-refractivity contribution in [3.63, 3.8) is 0 Å². The predicted molar refractivity (Wildman–Crippen MR) is 84.8 cm³/mol. The van der Waals surface area contributed by atoms with Crippen LogP contribution in [0.1, 0.15) is 22.6 Å². The lowest BCUT2D eigenvalue weighted by atomic mass is 9.91. The van der Waals surface area contributed by atoms with Gasteiger partial charge in [-0.2, -0.15) is 0 Å². The van der Waals surface area contributed by atoms with Crippen LogP contribution < -0.4 is 9.47 Å². The van der Waals surface area contributed by atoms with Gasteiger partial charge in [-0.15, -0.1) is 0 Å². The Labute approximate surface area is 134 Å². The fourth-order valence-corrected chi connectivity index (χ4v) is 2.43. The number of carboxylic acid groups (broad SMARTS) is 1. The summed E-state index contributed by atoms with van der Waals surface area (Å²) in [7, 11) is 3.06. The molecule has 2 aromatic carbocycles. The average molecular weight is 318 g/mol. The molecule has 122 valence electrons. The smallest absolute Gasteiger partial charge is 0.311 e. The van der Waals surface area contributed by atoms with E-state index in [0.29, 0.717) is 28.2 Å². The van der Waals surface area contributed by atoms with E-state index in [-0.39, 0.29) is 6.42 Å². The van der Waals surface area contributed by atoms with Crippen LogP contribution in [0.2, 0.25) is 0 Å². The molecule has 1 N–H and O–H groups in total. The van der Waals surface area contributed by atoms with Gasteiger partial charge in [0.25, 0.3) is 0 Å². The van der Waals surface area contributed by atoms with Crippen molar-refractivity contribution in [2.45, 2.75) is 19.3 Å². The van der Waals surface area contributed by atoms with Crippen LogP contribution in [0.25, 0.3) is 0 Å². The Hall–Kier alpha value is -2.56. The molecule has 23 heavy (non-hydrogen) atoms. The molecule has 1 unspecified atom stereocenters. The molecule has 0 fully saturated rings. The number of carboxylic acids is 1. The van der Waals surface area contributed by atoms with Gasteiger partial charge in [0.15, 0.2) is 0 Å². The highest BCUT2D eigenvalue weighted by atomic mass is 19.1. The summed E-state index contributed by atoms with van der Waals surface area (Å²) < 4.78 is 24.2. The highest BCUT2D eigenvalue weighted by molar-refractivity contribution is 5.76. The molecule has 1 atom stereocenters. The molecule has 0 aromatic heterocycles. The number of aryl methyl sites for hydroxylation is 1. The van der Waals surface area contributed by atoms with Gasteiger partial charge in [-0.25, -0.2) is 4.39 Å². The number of aliphatic carboxylic acids is 1. The second-order valence-corrected chi connectivity index (χ2v) is 5.28. The fraction of sp³-hybridized carbons (Fsp3) is 0.278. The van der Waals surface area contributed by atoms with E-state index in [1.807, 2.05) is 0 Å². The third-order valence-corrected chi connectivity index (χ3v) is 3.81. The number of methoxy groups -OCH3 is 2. The first-order chi connectivity index (χ1) is 11.0. The van der Waals surface area contributed by atoms with E-state index in [4.69, 9.17) is 9.47 Å². The second kappa shape index (κ2) is 7.13. The molecular formula is C18H19FO4. The fourth-order valence-electron chi connectivity index (χ4n) is 2.43. The molecule has 0 saturated carbocycles. The van der Waals surface area contributed by atoms with Crippen LogP contribution in [0.15, 0.2) is 36.4 Å². The van der Waals surface area contributed by atoms with E-state index in [1.165, 1.54) is 20.3 Å². The minimum atomic E-state index is -1.02. The largest absolute Gasteiger partial charge is 0.497 e. The molecule has 2 rings (SSSR count). The summed E-state index contributed by atoms with van der Waals surface area (Å²) in [5.41, 5.74) is 1.60. The molecule has 4 nitrogen and oxygen atoms in total. The Morgan fingerprint density at radius 2 is 1.91 bits per heavy atom. The Bertz CT molecular complexity index is 712. The van der Waals surface area contributed by atoms with Gasteiger partial charge in [0.05, 0.1) is 20.1 Å². The third kappa shape index (κ3) is 3.80. The minimum absolute atomic E-state index is 0.179. The quantitative estimate of drug-likeness (QED) is 0.885. The second-order valence-electron chi connectivity index (χ2n) is 5.28. The highest BCUT2D eigenvalue weighted by Crippen LogP contribution is 2.30. The van der Waals surface area contributed by atoms with Gasteiger partial charge in [-0.05, 0) is 54.3 Å². The average Bonchev–Trinajstić information content (AvgIpc) is 2.54. The molecule has 0 saturated heterocycles. The lowest BCUT2D eigenvalue weighted by Gasteiger charge is -2.16. The molecule has 0 aliphatic rings. The number of benzene rings is 2. The van der Waals surface area contributed by atoms with Crippen molar-refractivity contribution in [1.82, 2.24) is 0 Å². The van der Waals surface area contributed by atoms with Crippen molar-refractivity contribution in [2.75, 3.05) is 14.2 Å². The van der Waals surface area contributed by atoms with Crippen LogP contribution >= 0.6 is 0 Å². The third-order valence-electron chi connectivity index (χ3n) is 3.81. The van der Waals surface area contributed by atoms with Gasteiger partial charge in [0.1, 0.15) is 17.3 Å². The number of ether oxygens (including phenoxy) is 2. The van der Waals surface area contributed by atoms with Crippen molar-refractivity contribution in [1.29, 1.82) is 0 Å². The lowest BCUT2D eigenvalue weighted by molar-refractivity contribution is -0.138. The number of hydrogen-bond donors (Lipinski definition) is 1. The first-order valence-corrected chi connectivity index (χ1v) is 7.16. The Kier molecular flexibility index (Phi) is 5.21. The maximum absolute atomic E-state index is 13.8. The molecular weight excluding hydrogens is 299 g/mol. The van der Waals surface area contributed by atoms with Gasteiger partial charge in [0, 0.05) is 0 Å². The molecule has 0 spiro atoms. The molecule has 0 heterocycles. The monoisotopic (exact) mass is 318 g/mol. The van der Waals surface area contributed by atoms with Crippen molar-refractivity contribution < 1.29 is 23.8 Å². The van der Waals surface area contributed by atoms with E-state index in [1.54, 1.807) is 37.3 Å². The van der Waals surface area contributed by atoms with Gasteiger partial charge >= 0.3 is 5.97 Å². The molecule has 0 aliphatic heterocycles. The topological polar surface area (TPSA) is 55.8 Å². The summed E-state index contributed by atoms with van der Waals surface area (Å²) in [6.45, 7) is 1.64. The van der Waals surface area contributed by atoms with Gasteiger partial charge in [-0.3, -0.25) is 4.79 Å². The van der Waals surface area contributed by atoms with Crippen LogP contribution in [-0.4, -0.2) is 25.3 Å². The van der Waals surface area contributed by atoms with Crippen LogP contribution in [0.5, 0.6) is 11.5 Å². The molecule has 0 aliphatic carbocycles. The Balaban J connectivity index is 2.40. The molecule has 5 heteroatoms. The summed E-state index contributed by atoms with van der Waals surface area (Å²) in [5, 5.41) is 9.54. The van der Waals surface area contributed by atoms with E-state index in [0.717, 1.165) is 0 Å². The van der Waals surface area contributed by atoms with Crippen LogP contribution in [-0.2, 0) is 11.2 Å². The predicted octanol–water partition coefficient (Wildman–Crippen LogP) is 3.56. The van der Waals surface area contributed by atoms with E-state index >= 15 is 0 Å². The number of rotatable bonds is 6. The SMILES string of the molecule is COc1ccc(OC)c(CC(C(=O)O)c2ccc(C)c(F)c2)c1. The van der Waals surface area contributed by atoms with Gasteiger partial charge < -0.3 is 14.6 Å².